The van der Waals surface area contributed by atoms with Crippen molar-refractivity contribution >= 4 is 34.7 Å². The maximum atomic E-state index is 11.2. The zero-order valence-corrected chi connectivity index (χ0v) is 9.91. The van der Waals surface area contributed by atoms with Crippen LogP contribution in [-0.2, 0) is 0 Å². The first-order chi connectivity index (χ1) is 6.57. The lowest BCUT2D eigenvalue weighted by Crippen LogP contribution is -2.34. The van der Waals surface area contributed by atoms with Crippen LogP contribution in [0.1, 0.15) is 6.92 Å². The van der Waals surface area contributed by atoms with Gasteiger partial charge in [0.15, 0.2) is 0 Å². The third kappa shape index (κ3) is 1.97. The summed E-state index contributed by atoms with van der Waals surface area (Å²) < 4.78 is -0.0379. The van der Waals surface area contributed by atoms with Gasteiger partial charge in [-0.2, -0.15) is 0 Å². The monoisotopic (exact) mass is 299 g/mol. The van der Waals surface area contributed by atoms with Gasteiger partial charge in [-0.05, 0) is 24.3 Å². The van der Waals surface area contributed by atoms with Crippen LogP contribution in [0.15, 0.2) is 29.1 Å². The molecule has 0 aliphatic heterocycles. The van der Waals surface area contributed by atoms with E-state index in [9.17, 15) is 4.79 Å². The van der Waals surface area contributed by atoms with E-state index in [0.29, 0.717) is 0 Å². The Kier molecular flexibility index (Phi) is 2.34. The summed E-state index contributed by atoms with van der Waals surface area (Å²) in [5.74, 6) is 0. The zero-order valence-electron chi connectivity index (χ0n) is 7.75. The van der Waals surface area contributed by atoms with E-state index in [2.05, 4.69) is 46.7 Å². The summed E-state index contributed by atoms with van der Waals surface area (Å²) in [6.45, 7) is 2.10. The standard InChI is InChI=1S/C11H10INO/c1-11(12)6-2-3-8-4-5-10(14)13-9(8)7-11/h2-7H,1H3,(H,13,14). The molecule has 1 atom stereocenters. The second kappa shape index (κ2) is 3.38. The van der Waals surface area contributed by atoms with Crippen LogP contribution in [0, 0.1) is 0 Å². The number of rotatable bonds is 0. The van der Waals surface area contributed by atoms with Crippen molar-refractivity contribution in [1.29, 1.82) is 0 Å². The van der Waals surface area contributed by atoms with E-state index in [1.54, 1.807) is 6.07 Å². The van der Waals surface area contributed by atoms with Crippen molar-refractivity contribution in [1.82, 2.24) is 4.98 Å². The van der Waals surface area contributed by atoms with Gasteiger partial charge in [-0.1, -0.05) is 40.8 Å². The van der Waals surface area contributed by atoms with Gasteiger partial charge in [0.1, 0.15) is 0 Å². The lowest BCUT2D eigenvalue weighted by Gasteiger charge is -2.09. The second-order valence-corrected chi connectivity index (χ2v) is 5.84. The van der Waals surface area contributed by atoms with Crippen LogP contribution in [0.25, 0.3) is 12.2 Å². The highest BCUT2D eigenvalue weighted by Gasteiger charge is 2.12. The van der Waals surface area contributed by atoms with Crippen LogP contribution < -0.4 is 16.1 Å². The van der Waals surface area contributed by atoms with Gasteiger partial charge >= 0.3 is 0 Å². The Balaban J connectivity index is 2.84. The van der Waals surface area contributed by atoms with E-state index in [0.717, 1.165) is 10.6 Å². The average Bonchev–Trinajstić information content (AvgIpc) is 2.21. The molecule has 1 aromatic heterocycles. The van der Waals surface area contributed by atoms with E-state index in [1.807, 2.05) is 18.2 Å². The number of alkyl halides is 1. The number of hydrogen-bond acceptors (Lipinski definition) is 1. The van der Waals surface area contributed by atoms with Gasteiger partial charge in [0.05, 0.1) is 3.42 Å². The summed E-state index contributed by atoms with van der Waals surface area (Å²) in [6, 6.07) is 3.39. The van der Waals surface area contributed by atoms with Gasteiger partial charge in [0.2, 0.25) is 5.56 Å². The highest BCUT2D eigenvalue weighted by molar-refractivity contribution is 14.1. The molecular formula is C11H10INO. The van der Waals surface area contributed by atoms with Gasteiger partial charge in [-0.3, -0.25) is 4.79 Å². The molecule has 1 aromatic rings. The first-order valence-electron chi connectivity index (χ1n) is 4.38. The van der Waals surface area contributed by atoms with Crippen LogP contribution in [0.4, 0.5) is 0 Å². The number of aromatic nitrogens is 1. The fourth-order valence-corrected chi connectivity index (χ4v) is 1.96. The van der Waals surface area contributed by atoms with E-state index in [-0.39, 0.29) is 8.98 Å². The highest BCUT2D eigenvalue weighted by Crippen LogP contribution is 2.21. The first kappa shape index (κ1) is 9.71. The Labute approximate surface area is 95.2 Å². The zero-order chi connectivity index (χ0) is 10.2. The molecule has 1 N–H and O–H groups in total. The minimum Gasteiger partial charge on any atom is -0.322 e. The lowest BCUT2D eigenvalue weighted by atomic mass is 10.1. The van der Waals surface area contributed by atoms with E-state index in [4.69, 9.17) is 0 Å². The molecule has 0 radical (unpaired) electrons. The molecule has 72 valence electrons. The molecule has 1 unspecified atom stereocenters. The summed E-state index contributed by atoms with van der Waals surface area (Å²) in [6.07, 6.45) is 8.19. The quantitative estimate of drug-likeness (QED) is 0.555. The molecule has 0 amide bonds. The summed E-state index contributed by atoms with van der Waals surface area (Å²) in [5.41, 5.74) is -0.0532. The van der Waals surface area contributed by atoms with Gasteiger partial charge in [0, 0.05) is 11.4 Å². The molecule has 0 saturated heterocycles. The molecule has 1 aliphatic rings. The number of H-pyrrole nitrogens is 1. The SMILES string of the molecule is CC1(I)C=CC=c2ccc(=O)[nH]c2=C1. The Hall–Kier alpha value is -0.840. The molecule has 2 rings (SSSR count). The molecular weight excluding hydrogens is 289 g/mol. The third-order valence-electron chi connectivity index (χ3n) is 2.11. The van der Waals surface area contributed by atoms with Gasteiger partial charge < -0.3 is 4.98 Å². The molecule has 1 heterocycles. The number of allylic oxidation sites excluding steroid dienone is 2. The van der Waals surface area contributed by atoms with Crippen LogP contribution in [0.5, 0.6) is 0 Å². The van der Waals surface area contributed by atoms with Crippen molar-refractivity contribution in [3.8, 4) is 0 Å². The van der Waals surface area contributed by atoms with Gasteiger partial charge in [-0.25, -0.2) is 0 Å². The normalized spacial score (nSPS) is 24.4. The van der Waals surface area contributed by atoms with Gasteiger partial charge in [-0.15, -0.1) is 0 Å². The fourth-order valence-electron chi connectivity index (χ4n) is 1.44. The lowest BCUT2D eigenvalue weighted by molar-refractivity contribution is 1.08. The summed E-state index contributed by atoms with van der Waals surface area (Å²) >= 11 is 2.34. The predicted octanol–water partition coefficient (Wildman–Crippen LogP) is 0.699. The molecule has 0 bridgehead atoms. The van der Waals surface area contributed by atoms with Crippen molar-refractivity contribution in [2.45, 2.75) is 10.3 Å². The molecule has 0 aromatic carbocycles. The third-order valence-corrected chi connectivity index (χ3v) is 2.78. The molecule has 3 heteroatoms. The van der Waals surface area contributed by atoms with Gasteiger partial charge in [0.25, 0.3) is 0 Å². The molecule has 0 saturated carbocycles. The number of fused-ring (bicyclic) bond motifs is 1. The summed E-state index contributed by atoms with van der Waals surface area (Å²) in [4.78, 5) is 14.0. The molecule has 1 aliphatic carbocycles. The van der Waals surface area contributed by atoms with Crippen LogP contribution in [0.3, 0.4) is 0 Å². The van der Waals surface area contributed by atoms with E-state index < -0.39 is 0 Å². The smallest absolute Gasteiger partial charge is 0.248 e. The van der Waals surface area contributed by atoms with Crippen LogP contribution >= 0.6 is 22.6 Å². The molecule has 0 fully saturated rings. The predicted molar refractivity (Wildman–Crippen MR) is 66.8 cm³/mol. The van der Waals surface area contributed by atoms with E-state index >= 15 is 0 Å². The maximum Gasteiger partial charge on any atom is 0.248 e. The van der Waals surface area contributed by atoms with Crippen molar-refractivity contribution in [3.63, 3.8) is 0 Å². The number of aromatic amines is 1. The van der Waals surface area contributed by atoms with Crippen LogP contribution in [0.2, 0.25) is 0 Å². The Morgan fingerprint density at radius 1 is 1.43 bits per heavy atom. The van der Waals surface area contributed by atoms with E-state index in [1.165, 1.54) is 0 Å². The number of nitrogens with one attached hydrogen (secondary N) is 1. The van der Waals surface area contributed by atoms with Crippen molar-refractivity contribution in [2.75, 3.05) is 0 Å². The Morgan fingerprint density at radius 3 is 3.00 bits per heavy atom. The molecule has 2 nitrogen and oxygen atoms in total. The summed E-state index contributed by atoms with van der Waals surface area (Å²) in [5, 5.41) is 1.96. The second-order valence-electron chi connectivity index (χ2n) is 3.51. The molecule has 14 heavy (non-hydrogen) atoms. The number of hydrogen-bond donors (Lipinski definition) is 1. The Bertz CT molecular complexity index is 551. The highest BCUT2D eigenvalue weighted by atomic mass is 127. The minimum absolute atomic E-state index is 0.0379. The first-order valence-corrected chi connectivity index (χ1v) is 5.45. The van der Waals surface area contributed by atoms with Crippen molar-refractivity contribution < 1.29 is 0 Å². The summed E-state index contributed by atoms with van der Waals surface area (Å²) in [7, 11) is 0. The van der Waals surface area contributed by atoms with Crippen LogP contribution in [-0.4, -0.2) is 8.41 Å². The molecule has 0 spiro atoms. The number of halogens is 1. The van der Waals surface area contributed by atoms with Crippen molar-refractivity contribution in [3.05, 3.63) is 45.2 Å². The average molecular weight is 299 g/mol. The fraction of sp³-hybridized carbons (Fsp3) is 0.182. The number of pyridine rings is 1. The topological polar surface area (TPSA) is 32.9 Å². The Morgan fingerprint density at radius 2 is 2.21 bits per heavy atom. The minimum atomic E-state index is -0.0532. The van der Waals surface area contributed by atoms with Crippen molar-refractivity contribution in [2.24, 2.45) is 0 Å². The maximum absolute atomic E-state index is 11.2. The largest absolute Gasteiger partial charge is 0.322 e.